The van der Waals surface area contributed by atoms with E-state index in [1.165, 1.54) is 5.56 Å². The van der Waals surface area contributed by atoms with E-state index in [1.54, 1.807) is 6.08 Å². The van der Waals surface area contributed by atoms with E-state index < -0.39 is 0 Å². The summed E-state index contributed by atoms with van der Waals surface area (Å²) in [7, 11) is 0. The molecular formula is C24H20N2. The van der Waals surface area contributed by atoms with Gasteiger partial charge in [-0.25, -0.2) is 4.98 Å². The summed E-state index contributed by atoms with van der Waals surface area (Å²) >= 11 is 0. The van der Waals surface area contributed by atoms with Gasteiger partial charge in [-0.15, -0.1) is 0 Å². The molecule has 1 aromatic heterocycles. The molecular weight excluding hydrogens is 316 g/mol. The van der Waals surface area contributed by atoms with Gasteiger partial charge in [0, 0.05) is 16.8 Å². The molecule has 0 saturated carbocycles. The number of hydrogen-bond donors (Lipinski definition) is 0. The highest BCUT2D eigenvalue weighted by molar-refractivity contribution is 5.91. The van der Waals surface area contributed by atoms with Gasteiger partial charge in [0.1, 0.15) is 5.82 Å². The number of benzene rings is 3. The monoisotopic (exact) mass is 336 g/mol. The Balaban J connectivity index is 2.09. The Hall–Kier alpha value is -3.39. The third kappa shape index (κ3) is 2.76. The standard InChI is InChI=1S/C24H20N2/c1-3-4-15-21-18(2)16-17-22-23(21)25-24(19-11-7-5-8-12-19)26(22)20-13-9-6-10-14-20/h3-17H,1H2,2H3/b15-4-. The van der Waals surface area contributed by atoms with E-state index in [-0.39, 0.29) is 0 Å². The van der Waals surface area contributed by atoms with E-state index in [1.807, 2.05) is 30.3 Å². The van der Waals surface area contributed by atoms with Crippen molar-refractivity contribution in [3.05, 3.63) is 103 Å². The molecule has 1 heterocycles. The topological polar surface area (TPSA) is 17.8 Å². The summed E-state index contributed by atoms with van der Waals surface area (Å²) in [5.74, 6) is 0.950. The molecule has 2 heteroatoms. The first kappa shape index (κ1) is 16.1. The predicted molar refractivity (Wildman–Crippen MR) is 110 cm³/mol. The number of fused-ring (bicyclic) bond motifs is 1. The lowest BCUT2D eigenvalue weighted by molar-refractivity contribution is 1.10. The largest absolute Gasteiger partial charge is 0.292 e. The van der Waals surface area contributed by atoms with E-state index in [4.69, 9.17) is 4.98 Å². The van der Waals surface area contributed by atoms with Gasteiger partial charge in [0.25, 0.3) is 0 Å². The molecule has 0 spiro atoms. The lowest BCUT2D eigenvalue weighted by atomic mass is 10.1. The molecule has 0 atom stereocenters. The van der Waals surface area contributed by atoms with Crippen LogP contribution in [0.2, 0.25) is 0 Å². The Labute approximate surface area is 153 Å². The highest BCUT2D eigenvalue weighted by Crippen LogP contribution is 2.32. The van der Waals surface area contributed by atoms with Crippen LogP contribution in [-0.2, 0) is 0 Å². The van der Waals surface area contributed by atoms with Crippen molar-refractivity contribution >= 4 is 17.1 Å². The number of aryl methyl sites for hydroxylation is 1. The van der Waals surface area contributed by atoms with E-state index in [2.05, 4.69) is 72.7 Å². The maximum Gasteiger partial charge on any atom is 0.145 e. The zero-order valence-electron chi connectivity index (χ0n) is 14.8. The van der Waals surface area contributed by atoms with E-state index in [0.29, 0.717) is 0 Å². The summed E-state index contributed by atoms with van der Waals surface area (Å²) in [4.78, 5) is 5.05. The van der Waals surface area contributed by atoms with Crippen LogP contribution in [0.5, 0.6) is 0 Å². The molecule has 26 heavy (non-hydrogen) atoms. The third-order valence-corrected chi connectivity index (χ3v) is 4.53. The van der Waals surface area contributed by atoms with Gasteiger partial charge in [-0.05, 0) is 30.7 Å². The molecule has 0 amide bonds. The number of allylic oxidation sites excluding steroid dienone is 2. The Morgan fingerprint density at radius 1 is 0.885 bits per heavy atom. The summed E-state index contributed by atoms with van der Waals surface area (Å²) < 4.78 is 2.23. The van der Waals surface area contributed by atoms with Crippen LogP contribution < -0.4 is 0 Å². The smallest absolute Gasteiger partial charge is 0.145 e. The van der Waals surface area contributed by atoms with Gasteiger partial charge in [0.15, 0.2) is 0 Å². The Morgan fingerprint density at radius 3 is 2.27 bits per heavy atom. The minimum Gasteiger partial charge on any atom is -0.292 e. The van der Waals surface area contributed by atoms with Gasteiger partial charge in [0.05, 0.1) is 11.0 Å². The molecule has 0 aliphatic heterocycles. The van der Waals surface area contributed by atoms with Crippen LogP contribution in [0.15, 0.2) is 91.5 Å². The average Bonchev–Trinajstić information content (AvgIpc) is 3.08. The van der Waals surface area contributed by atoms with Gasteiger partial charge >= 0.3 is 0 Å². The maximum atomic E-state index is 5.05. The van der Waals surface area contributed by atoms with E-state index in [9.17, 15) is 0 Å². The number of para-hydroxylation sites is 1. The number of nitrogens with zero attached hydrogens (tertiary/aromatic N) is 2. The second kappa shape index (κ2) is 6.85. The summed E-state index contributed by atoms with van der Waals surface area (Å²) in [6, 6.07) is 25.0. The third-order valence-electron chi connectivity index (χ3n) is 4.53. The quantitative estimate of drug-likeness (QED) is 0.406. The first-order valence-corrected chi connectivity index (χ1v) is 8.71. The molecule has 0 aliphatic carbocycles. The normalized spacial score (nSPS) is 11.3. The summed E-state index contributed by atoms with van der Waals surface area (Å²) in [6.45, 7) is 5.91. The fourth-order valence-electron chi connectivity index (χ4n) is 3.26. The molecule has 4 aromatic rings. The minimum atomic E-state index is 0.950. The van der Waals surface area contributed by atoms with Crippen molar-refractivity contribution in [3.63, 3.8) is 0 Å². The van der Waals surface area contributed by atoms with Crippen molar-refractivity contribution in [3.8, 4) is 17.1 Å². The molecule has 0 radical (unpaired) electrons. The van der Waals surface area contributed by atoms with Crippen molar-refractivity contribution in [2.45, 2.75) is 6.92 Å². The van der Waals surface area contributed by atoms with Crippen LogP contribution in [0.4, 0.5) is 0 Å². The fourth-order valence-corrected chi connectivity index (χ4v) is 3.26. The molecule has 2 nitrogen and oxygen atoms in total. The zero-order chi connectivity index (χ0) is 17.9. The number of aromatic nitrogens is 2. The van der Waals surface area contributed by atoms with Crippen LogP contribution in [0.3, 0.4) is 0 Å². The molecule has 0 saturated heterocycles. The van der Waals surface area contributed by atoms with Gasteiger partial charge in [-0.3, -0.25) is 4.57 Å². The number of imidazole rings is 1. The number of hydrogen-bond acceptors (Lipinski definition) is 1. The first-order valence-electron chi connectivity index (χ1n) is 8.71. The molecule has 0 aliphatic rings. The molecule has 0 bridgehead atoms. The van der Waals surface area contributed by atoms with Gasteiger partial charge in [-0.2, -0.15) is 0 Å². The van der Waals surface area contributed by atoms with E-state index >= 15 is 0 Å². The number of rotatable bonds is 4. The van der Waals surface area contributed by atoms with Crippen LogP contribution in [0.25, 0.3) is 34.2 Å². The predicted octanol–water partition coefficient (Wildman–Crippen LogP) is 6.20. The van der Waals surface area contributed by atoms with Gasteiger partial charge in [0.2, 0.25) is 0 Å². The second-order valence-corrected chi connectivity index (χ2v) is 6.23. The maximum absolute atomic E-state index is 5.05. The lowest BCUT2D eigenvalue weighted by Gasteiger charge is -2.10. The van der Waals surface area contributed by atoms with Crippen molar-refractivity contribution in [2.24, 2.45) is 0 Å². The van der Waals surface area contributed by atoms with Crippen LogP contribution >= 0.6 is 0 Å². The molecule has 4 rings (SSSR count). The SMILES string of the molecule is C=C/C=C\c1c(C)ccc2c1nc(-c1ccccc1)n2-c1ccccc1. The van der Waals surface area contributed by atoms with Gasteiger partial charge in [-0.1, -0.05) is 79.4 Å². The molecule has 0 unspecified atom stereocenters. The zero-order valence-corrected chi connectivity index (χ0v) is 14.8. The fraction of sp³-hybridized carbons (Fsp3) is 0.0417. The van der Waals surface area contributed by atoms with E-state index in [0.717, 1.165) is 33.7 Å². The Bertz CT molecular complexity index is 1090. The summed E-state index contributed by atoms with van der Waals surface area (Å²) in [6.07, 6.45) is 5.85. The van der Waals surface area contributed by atoms with Crippen molar-refractivity contribution in [2.75, 3.05) is 0 Å². The highest BCUT2D eigenvalue weighted by atomic mass is 15.1. The molecule has 3 aromatic carbocycles. The van der Waals surface area contributed by atoms with Crippen molar-refractivity contribution < 1.29 is 0 Å². The summed E-state index contributed by atoms with van der Waals surface area (Å²) in [5.41, 5.74) is 6.65. The van der Waals surface area contributed by atoms with Crippen LogP contribution in [0, 0.1) is 6.92 Å². The molecule has 126 valence electrons. The Morgan fingerprint density at radius 2 is 1.58 bits per heavy atom. The van der Waals surface area contributed by atoms with Gasteiger partial charge < -0.3 is 0 Å². The van der Waals surface area contributed by atoms with Crippen molar-refractivity contribution in [1.82, 2.24) is 9.55 Å². The van der Waals surface area contributed by atoms with Crippen LogP contribution in [-0.4, -0.2) is 9.55 Å². The minimum absolute atomic E-state index is 0.950. The Kier molecular flexibility index (Phi) is 4.24. The van der Waals surface area contributed by atoms with Crippen LogP contribution in [0.1, 0.15) is 11.1 Å². The average molecular weight is 336 g/mol. The summed E-state index contributed by atoms with van der Waals surface area (Å²) in [5, 5.41) is 0. The second-order valence-electron chi connectivity index (χ2n) is 6.23. The first-order chi connectivity index (χ1) is 12.8. The molecule has 0 N–H and O–H groups in total. The molecule has 0 fully saturated rings. The highest BCUT2D eigenvalue weighted by Gasteiger charge is 2.16. The lowest BCUT2D eigenvalue weighted by Crippen LogP contribution is -1.97. The van der Waals surface area contributed by atoms with Crippen molar-refractivity contribution in [1.29, 1.82) is 0 Å².